The Morgan fingerprint density at radius 3 is 2.68 bits per heavy atom. The van der Waals surface area contributed by atoms with E-state index >= 15 is 0 Å². The number of nitrogens with zero attached hydrogens (tertiary/aromatic N) is 1. The van der Waals surface area contributed by atoms with Crippen LogP contribution in [0, 0.1) is 6.92 Å². The van der Waals surface area contributed by atoms with Crippen LogP contribution in [0.5, 0.6) is 5.75 Å². The van der Waals surface area contributed by atoms with Gasteiger partial charge in [-0.2, -0.15) is 0 Å². The van der Waals surface area contributed by atoms with Crippen LogP contribution in [0.2, 0.25) is 0 Å². The fourth-order valence-corrected chi connectivity index (χ4v) is 1.91. The van der Waals surface area contributed by atoms with E-state index < -0.39 is 6.10 Å². The van der Waals surface area contributed by atoms with Gasteiger partial charge in [0.2, 0.25) is 0 Å². The maximum Gasteiger partial charge on any atom is 0.250 e. The first kappa shape index (κ1) is 15.5. The molecule has 0 saturated heterocycles. The molecule has 1 N–H and O–H groups in total. The summed E-state index contributed by atoms with van der Waals surface area (Å²) in [5.41, 5.74) is 2.26. The van der Waals surface area contributed by atoms with E-state index in [0.29, 0.717) is 13.2 Å². The standard InChI is InChI=1S/C15H23NO3/c1-5-19-14-7-6-13(10-11(14)2)8-9-16(4)15(18)12(3)17/h6-7,10,12,17H,5,8-9H2,1-4H3. The number of ether oxygens (including phenoxy) is 1. The molecule has 0 spiro atoms. The summed E-state index contributed by atoms with van der Waals surface area (Å²) in [4.78, 5) is 13.1. The highest BCUT2D eigenvalue weighted by Crippen LogP contribution is 2.19. The first-order chi connectivity index (χ1) is 8.95. The Kier molecular flexibility index (Phi) is 5.83. The number of rotatable bonds is 6. The summed E-state index contributed by atoms with van der Waals surface area (Å²) in [6.07, 6.45) is -0.172. The van der Waals surface area contributed by atoms with Gasteiger partial charge in [0.15, 0.2) is 0 Å². The molecule has 0 radical (unpaired) electrons. The zero-order valence-electron chi connectivity index (χ0n) is 12.1. The van der Waals surface area contributed by atoms with Crippen LogP contribution in [0.25, 0.3) is 0 Å². The van der Waals surface area contributed by atoms with Gasteiger partial charge < -0.3 is 14.7 Å². The molecular formula is C15H23NO3. The van der Waals surface area contributed by atoms with Gasteiger partial charge in [-0.05, 0) is 44.4 Å². The van der Waals surface area contributed by atoms with Gasteiger partial charge in [-0.3, -0.25) is 4.79 Å². The number of carbonyl (C=O) groups is 1. The number of aliphatic hydroxyl groups excluding tert-OH is 1. The van der Waals surface area contributed by atoms with Crippen LogP contribution in [0.1, 0.15) is 25.0 Å². The quantitative estimate of drug-likeness (QED) is 0.853. The summed E-state index contributed by atoms with van der Waals surface area (Å²) in [5.74, 6) is 0.655. The Morgan fingerprint density at radius 2 is 2.16 bits per heavy atom. The highest BCUT2D eigenvalue weighted by molar-refractivity contribution is 5.79. The van der Waals surface area contributed by atoms with Gasteiger partial charge in [0, 0.05) is 13.6 Å². The predicted molar refractivity (Wildman–Crippen MR) is 75.4 cm³/mol. The Hall–Kier alpha value is -1.55. The monoisotopic (exact) mass is 265 g/mol. The van der Waals surface area contributed by atoms with Crippen molar-refractivity contribution in [2.45, 2.75) is 33.3 Å². The molecule has 0 bridgehead atoms. The second-order valence-electron chi connectivity index (χ2n) is 4.72. The second kappa shape index (κ2) is 7.14. The fraction of sp³-hybridized carbons (Fsp3) is 0.533. The lowest BCUT2D eigenvalue weighted by Crippen LogP contribution is -2.35. The summed E-state index contributed by atoms with van der Waals surface area (Å²) >= 11 is 0. The Balaban J connectivity index is 2.59. The summed E-state index contributed by atoms with van der Waals surface area (Å²) < 4.78 is 5.49. The molecule has 1 aromatic carbocycles. The molecule has 1 rings (SSSR count). The minimum Gasteiger partial charge on any atom is -0.494 e. The minimum absolute atomic E-state index is 0.248. The van der Waals surface area contributed by atoms with Crippen LogP contribution in [-0.4, -0.2) is 42.2 Å². The van der Waals surface area contributed by atoms with Crippen molar-refractivity contribution in [3.63, 3.8) is 0 Å². The summed E-state index contributed by atoms with van der Waals surface area (Å²) in [6, 6.07) is 6.05. The molecule has 1 unspecified atom stereocenters. The van der Waals surface area contributed by atoms with Crippen molar-refractivity contribution in [1.29, 1.82) is 0 Å². The molecule has 0 heterocycles. The smallest absolute Gasteiger partial charge is 0.250 e. The molecular weight excluding hydrogens is 242 g/mol. The number of hydrogen-bond donors (Lipinski definition) is 1. The lowest BCUT2D eigenvalue weighted by atomic mass is 10.1. The van der Waals surface area contributed by atoms with Gasteiger partial charge in [-0.25, -0.2) is 0 Å². The Labute approximate surface area is 115 Å². The first-order valence-electron chi connectivity index (χ1n) is 6.61. The molecule has 0 aliphatic rings. The summed E-state index contributed by atoms with van der Waals surface area (Å²) in [7, 11) is 1.70. The highest BCUT2D eigenvalue weighted by Gasteiger charge is 2.14. The normalized spacial score (nSPS) is 12.1. The molecule has 19 heavy (non-hydrogen) atoms. The Bertz CT molecular complexity index is 429. The van der Waals surface area contributed by atoms with E-state index in [-0.39, 0.29) is 5.91 Å². The summed E-state index contributed by atoms with van der Waals surface area (Å²) in [6.45, 7) is 6.71. The van der Waals surface area contributed by atoms with E-state index in [4.69, 9.17) is 4.74 Å². The number of carbonyl (C=O) groups excluding carboxylic acids is 1. The predicted octanol–water partition coefficient (Wildman–Crippen LogP) is 1.78. The lowest BCUT2D eigenvalue weighted by molar-refractivity contribution is -0.137. The van der Waals surface area contributed by atoms with Crippen molar-refractivity contribution >= 4 is 5.91 Å². The van der Waals surface area contributed by atoms with Gasteiger partial charge in [-0.1, -0.05) is 12.1 Å². The van der Waals surface area contributed by atoms with Gasteiger partial charge in [0.1, 0.15) is 11.9 Å². The number of benzene rings is 1. The number of amides is 1. The molecule has 4 heteroatoms. The zero-order chi connectivity index (χ0) is 14.4. The fourth-order valence-electron chi connectivity index (χ4n) is 1.91. The van der Waals surface area contributed by atoms with Crippen LogP contribution in [0.3, 0.4) is 0 Å². The van der Waals surface area contributed by atoms with Gasteiger partial charge in [-0.15, -0.1) is 0 Å². The molecule has 1 amide bonds. The van der Waals surface area contributed by atoms with Gasteiger partial charge >= 0.3 is 0 Å². The number of aryl methyl sites for hydroxylation is 1. The van der Waals surface area contributed by atoms with Crippen LogP contribution >= 0.6 is 0 Å². The van der Waals surface area contributed by atoms with Crippen molar-refractivity contribution in [3.8, 4) is 5.75 Å². The van der Waals surface area contributed by atoms with Gasteiger partial charge in [0.05, 0.1) is 6.61 Å². The third-order valence-corrected chi connectivity index (χ3v) is 3.01. The zero-order valence-corrected chi connectivity index (χ0v) is 12.1. The van der Waals surface area contributed by atoms with E-state index in [2.05, 4.69) is 6.07 Å². The summed E-state index contributed by atoms with van der Waals surface area (Å²) in [5, 5.41) is 9.22. The third kappa shape index (κ3) is 4.56. The minimum atomic E-state index is -0.938. The average Bonchev–Trinajstić information content (AvgIpc) is 2.38. The average molecular weight is 265 g/mol. The third-order valence-electron chi connectivity index (χ3n) is 3.01. The number of aliphatic hydroxyl groups is 1. The molecule has 0 aliphatic heterocycles. The van der Waals surface area contributed by atoms with Crippen LogP contribution in [-0.2, 0) is 11.2 Å². The molecule has 1 atom stereocenters. The van der Waals surface area contributed by atoms with Crippen molar-refractivity contribution in [2.75, 3.05) is 20.2 Å². The van der Waals surface area contributed by atoms with Gasteiger partial charge in [0.25, 0.3) is 5.91 Å². The van der Waals surface area contributed by atoms with Crippen molar-refractivity contribution in [1.82, 2.24) is 4.90 Å². The maximum atomic E-state index is 11.5. The number of hydrogen-bond acceptors (Lipinski definition) is 3. The molecule has 106 valence electrons. The lowest BCUT2D eigenvalue weighted by Gasteiger charge is -2.19. The van der Waals surface area contributed by atoms with Crippen molar-refractivity contribution in [2.24, 2.45) is 0 Å². The van der Waals surface area contributed by atoms with Crippen molar-refractivity contribution in [3.05, 3.63) is 29.3 Å². The topological polar surface area (TPSA) is 49.8 Å². The molecule has 0 aliphatic carbocycles. The number of likely N-dealkylation sites (N-methyl/N-ethyl adjacent to an activating group) is 1. The highest BCUT2D eigenvalue weighted by atomic mass is 16.5. The molecule has 0 saturated carbocycles. The second-order valence-corrected chi connectivity index (χ2v) is 4.72. The van der Waals surface area contributed by atoms with Crippen LogP contribution in [0.15, 0.2) is 18.2 Å². The van der Waals surface area contributed by atoms with E-state index in [1.807, 2.05) is 26.0 Å². The van der Waals surface area contributed by atoms with E-state index in [9.17, 15) is 9.90 Å². The maximum absolute atomic E-state index is 11.5. The SMILES string of the molecule is CCOc1ccc(CCN(C)C(=O)C(C)O)cc1C. The largest absolute Gasteiger partial charge is 0.494 e. The van der Waals surface area contributed by atoms with Crippen molar-refractivity contribution < 1.29 is 14.6 Å². The van der Waals surface area contributed by atoms with Crippen LogP contribution in [0.4, 0.5) is 0 Å². The Morgan fingerprint density at radius 1 is 1.47 bits per heavy atom. The molecule has 1 aromatic rings. The molecule has 0 fully saturated rings. The van der Waals surface area contributed by atoms with Crippen LogP contribution < -0.4 is 4.74 Å². The molecule has 0 aromatic heterocycles. The van der Waals surface area contributed by atoms with E-state index in [1.54, 1.807) is 11.9 Å². The van der Waals surface area contributed by atoms with E-state index in [0.717, 1.165) is 23.3 Å². The molecule has 4 nitrogen and oxygen atoms in total. The first-order valence-corrected chi connectivity index (χ1v) is 6.61. The van der Waals surface area contributed by atoms with E-state index in [1.165, 1.54) is 6.92 Å².